The Morgan fingerprint density at radius 1 is 1.20 bits per heavy atom. The highest BCUT2D eigenvalue weighted by atomic mass is 16.4. The fraction of sp³-hybridized carbons (Fsp3) is 0.818. The number of nitrogens with zero attached hydrogens (tertiary/aromatic N) is 1. The third kappa shape index (κ3) is 4.81. The molecule has 0 saturated heterocycles. The Morgan fingerprint density at radius 2 is 1.73 bits per heavy atom. The first-order valence-corrected chi connectivity index (χ1v) is 5.57. The van der Waals surface area contributed by atoms with Gasteiger partial charge in [-0.15, -0.1) is 0 Å². The normalized spacial score (nSPS) is 12.2. The van der Waals surface area contributed by atoms with Crippen molar-refractivity contribution in [2.75, 3.05) is 13.1 Å². The van der Waals surface area contributed by atoms with Gasteiger partial charge < -0.3 is 10.0 Å². The molecule has 1 atom stereocenters. The standard InChI is InChI=1S/C11H21NO3/c1-4-7-9(11(14)15)8-10(13)12(5-2)6-3/h9H,4-8H2,1-3H3,(H,14,15). The van der Waals surface area contributed by atoms with Crippen LogP contribution in [-0.4, -0.2) is 35.0 Å². The van der Waals surface area contributed by atoms with Crippen LogP contribution in [0.1, 0.15) is 40.0 Å². The summed E-state index contributed by atoms with van der Waals surface area (Å²) in [6.45, 7) is 7.02. The van der Waals surface area contributed by atoms with Crippen LogP contribution in [-0.2, 0) is 9.59 Å². The number of carboxylic acid groups (broad SMARTS) is 1. The molecule has 0 heterocycles. The molecule has 0 aromatic carbocycles. The minimum absolute atomic E-state index is 0.0548. The Kier molecular flexibility index (Phi) is 6.75. The summed E-state index contributed by atoms with van der Waals surface area (Å²) in [7, 11) is 0. The maximum absolute atomic E-state index is 11.7. The van der Waals surface area contributed by atoms with Crippen molar-refractivity contribution >= 4 is 11.9 Å². The molecule has 1 N–H and O–H groups in total. The molecule has 0 aromatic rings. The van der Waals surface area contributed by atoms with Gasteiger partial charge in [-0.1, -0.05) is 13.3 Å². The molecule has 0 aliphatic heterocycles. The average Bonchev–Trinajstić information content (AvgIpc) is 2.18. The number of carboxylic acids is 1. The zero-order chi connectivity index (χ0) is 11.8. The van der Waals surface area contributed by atoms with Crippen molar-refractivity contribution in [2.45, 2.75) is 40.0 Å². The minimum atomic E-state index is -0.864. The summed E-state index contributed by atoms with van der Waals surface area (Å²) in [5.41, 5.74) is 0. The number of amides is 1. The minimum Gasteiger partial charge on any atom is -0.481 e. The Hall–Kier alpha value is -1.06. The van der Waals surface area contributed by atoms with Gasteiger partial charge in [0, 0.05) is 19.5 Å². The lowest BCUT2D eigenvalue weighted by Crippen LogP contribution is -2.33. The highest BCUT2D eigenvalue weighted by molar-refractivity contribution is 5.82. The van der Waals surface area contributed by atoms with E-state index in [1.54, 1.807) is 4.90 Å². The highest BCUT2D eigenvalue weighted by Gasteiger charge is 2.22. The zero-order valence-electron chi connectivity index (χ0n) is 9.82. The van der Waals surface area contributed by atoms with Gasteiger partial charge in [-0.2, -0.15) is 0 Å². The summed E-state index contributed by atoms with van der Waals surface area (Å²) < 4.78 is 0. The number of hydrogen-bond donors (Lipinski definition) is 1. The van der Waals surface area contributed by atoms with E-state index in [2.05, 4.69) is 0 Å². The molecule has 0 spiro atoms. The van der Waals surface area contributed by atoms with E-state index >= 15 is 0 Å². The van der Waals surface area contributed by atoms with Crippen LogP contribution >= 0.6 is 0 Å². The molecule has 1 unspecified atom stereocenters. The molecule has 0 fully saturated rings. The highest BCUT2D eigenvalue weighted by Crippen LogP contribution is 2.13. The van der Waals surface area contributed by atoms with Gasteiger partial charge in [-0.3, -0.25) is 9.59 Å². The summed E-state index contributed by atoms with van der Waals surface area (Å²) >= 11 is 0. The third-order valence-electron chi connectivity index (χ3n) is 2.52. The van der Waals surface area contributed by atoms with Crippen LogP contribution in [0.25, 0.3) is 0 Å². The number of hydrogen-bond acceptors (Lipinski definition) is 2. The molecule has 4 nitrogen and oxygen atoms in total. The van der Waals surface area contributed by atoms with Gasteiger partial charge in [0.25, 0.3) is 0 Å². The Bertz CT molecular complexity index is 212. The van der Waals surface area contributed by atoms with Crippen molar-refractivity contribution in [3.8, 4) is 0 Å². The first-order valence-electron chi connectivity index (χ1n) is 5.57. The topological polar surface area (TPSA) is 57.6 Å². The second kappa shape index (κ2) is 7.26. The van der Waals surface area contributed by atoms with E-state index in [0.717, 1.165) is 6.42 Å². The van der Waals surface area contributed by atoms with Gasteiger partial charge >= 0.3 is 5.97 Å². The Labute approximate surface area is 91.3 Å². The van der Waals surface area contributed by atoms with E-state index < -0.39 is 11.9 Å². The van der Waals surface area contributed by atoms with E-state index in [4.69, 9.17) is 5.11 Å². The maximum atomic E-state index is 11.7. The zero-order valence-corrected chi connectivity index (χ0v) is 9.82. The molecule has 0 rings (SSSR count). The predicted molar refractivity (Wildman–Crippen MR) is 58.6 cm³/mol. The quantitative estimate of drug-likeness (QED) is 0.703. The molecule has 15 heavy (non-hydrogen) atoms. The summed E-state index contributed by atoms with van der Waals surface area (Å²) in [5.74, 6) is -1.44. The van der Waals surface area contributed by atoms with Gasteiger partial charge in [0.2, 0.25) is 5.91 Å². The van der Waals surface area contributed by atoms with E-state index in [0.29, 0.717) is 19.5 Å². The second-order valence-corrected chi connectivity index (χ2v) is 3.59. The summed E-state index contributed by atoms with van der Waals surface area (Å²) in [4.78, 5) is 24.2. The number of carbonyl (C=O) groups excluding carboxylic acids is 1. The van der Waals surface area contributed by atoms with Crippen LogP contribution in [0.2, 0.25) is 0 Å². The molecule has 88 valence electrons. The SMILES string of the molecule is CCCC(CC(=O)N(CC)CC)C(=O)O. The Balaban J connectivity index is 4.27. The van der Waals surface area contributed by atoms with Crippen LogP contribution in [0.15, 0.2) is 0 Å². The molecule has 0 bridgehead atoms. The molecule has 0 aliphatic carbocycles. The number of carbonyl (C=O) groups is 2. The molecule has 0 saturated carbocycles. The summed E-state index contributed by atoms with van der Waals surface area (Å²) in [6.07, 6.45) is 1.50. The maximum Gasteiger partial charge on any atom is 0.307 e. The lowest BCUT2D eigenvalue weighted by Gasteiger charge is -2.20. The fourth-order valence-corrected chi connectivity index (χ4v) is 1.58. The molecule has 0 aromatic heterocycles. The van der Waals surface area contributed by atoms with Crippen molar-refractivity contribution in [1.82, 2.24) is 4.90 Å². The van der Waals surface area contributed by atoms with Crippen molar-refractivity contribution in [3.63, 3.8) is 0 Å². The fourth-order valence-electron chi connectivity index (χ4n) is 1.58. The van der Waals surface area contributed by atoms with Crippen molar-refractivity contribution in [1.29, 1.82) is 0 Å². The average molecular weight is 215 g/mol. The van der Waals surface area contributed by atoms with Crippen LogP contribution < -0.4 is 0 Å². The van der Waals surface area contributed by atoms with Gasteiger partial charge in [-0.25, -0.2) is 0 Å². The van der Waals surface area contributed by atoms with Crippen LogP contribution in [0.5, 0.6) is 0 Å². The van der Waals surface area contributed by atoms with E-state index in [1.165, 1.54) is 0 Å². The van der Waals surface area contributed by atoms with Gasteiger partial charge in [0.05, 0.1) is 5.92 Å². The van der Waals surface area contributed by atoms with Crippen molar-refractivity contribution < 1.29 is 14.7 Å². The largest absolute Gasteiger partial charge is 0.481 e. The van der Waals surface area contributed by atoms with Gasteiger partial charge in [-0.05, 0) is 20.3 Å². The lowest BCUT2D eigenvalue weighted by atomic mass is 9.99. The van der Waals surface area contributed by atoms with Crippen molar-refractivity contribution in [2.24, 2.45) is 5.92 Å². The smallest absolute Gasteiger partial charge is 0.307 e. The van der Waals surface area contributed by atoms with Crippen LogP contribution in [0.4, 0.5) is 0 Å². The van der Waals surface area contributed by atoms with E-state index in [9.17, 15) is 9.59 Å². The van der Waals surface area contributed by atoms with E-state index in [1.807, 2.05) is 20.8 Å². The molecule has 4 heteroatoms. The molecule has 0 radical (unpaired) electrons. The van der Waals surface area contributed by atoms with Gasteiger partial charge in [0.1, 0.15) is 0 Å². The molecular formula is C11H21NO3. The lowest BCUT2D eigenvalue weighted by molar-refractivity contribution is -0.146. The summed E-state index contributed by atoms with van der Waals surface area (Å²) in [6, 6.07) is 0. The third-order valence-corrected chi connectivity index (χ3v) is 2.52. The second-order valence-electron chi connectivity index (χ2n) is 3.59. The van der Waals surface area contributed by atoms with Gasteiger partial charge in [0.15, 0.2) is 0 Å². The number of aliphatic carboxylic acids is 1. The van der Waals surface area contributed by atoms with E-state index in [-0.39, 0.29) is 12.3 Å². The van der Waals surface area contributed by atoms with Crippen LogP contribution in [0, 0.1) is 5.92 Å². The predicted octanol–water partition coefficient (Wildman–Crippen LogP) is 1.75. The Morgan fingerprint density at radius 3 is 2.07 bits per heavy atom. The molecular weight excluding hydrogens is 194 g/mol. The molecule has 0 aliphatic rings. The molecule has 1 amide bonds. The first-order chi connectivity index (χ1) is 7.06. The van der Waals surface area contributed by atoms with Crippen LogP contribution in [0.3, 0.4) is 0 Å². The first kappa shape index (κ1) is 13.9. The summed E-state index contributed by atoms with van der Waals surface area (Å²) in [5, 5.41) is 8.91. The number of rotatable bonds is 7. The van der Waals surface area contributed by atoms with Crippen molar-refractivity contribution in [3.05, 3.63) is 0 Å². The monoisotopic (exact) mass is 215 g/mol.